The third-order valence-electron chi connectivity index (χ3n) is 5.18. The summed E-state index contributed by atoms with van der Waals surface area (Å²) >= 11 is 0. The Morgan fingerprint density at radius 3 is 2.63 bits per heavy atom. The second-order valence-corrected chi connectivity index (χ2v) is 7.09. The van der Waals surface area contributed by atoms with E-state index in [-0.39, 0.29) is 24.4 Å². The molecule has 1 atom stereocenters. The molecule has 2 amide bonds. The van der Waals surface area contributed by atoms with E-state index in [9.17, 15) is 9.59 Å². The van der Waals surface area contributed by atoms with Crippen LogP contribution in [-0.2, 0) is 11.3 Å². The zero-order chi connectivity index (χ0) is 21.1. The highest BCUT2D eigenvalue weighted by Crippen LogP contribution is 2.30. The van der Waals surface area contributed by atoms with E-state index in [1.54, 1.807) is 35.3 Å². The first-order chi connectivity index (χ1) is 14.5. The van der Waals surface area contributed by atoms with E-state index in [0.717, 1.165) is 11.4 Å². The molecule has 0 aliphatic carbocycles. The van der Waals surface area contributed by atoms with Gasteiger partial charge in [-0.3, -0.25) is 19.6 Å². The highest BCUT2D eigenvalue weighted by molar-refractivity contribution is 6.04. The molecule has 4 heterocycles. The predicted octanol–water partition coefficient (Wildman–Crippen LogP) is 2.66. The van der Waals surface area contributed by atoms with Gasteiger partial charge in [0.1, 0.15) is 0 Å². The van der Waals surface area contributed by atoms with Crippen molar-refractivity contribution in [1.29, 1.82) is 0 Å². The zero-order valence-electron chi connectivity index (χ0n) is 16.8. The third-order valence-corrected chi connectivity index (χ3v) is 5.18. The average molecular weight is 402 g/mol. The summed E-state index contributed by atoms with van der Waals surface area (Å²) in [6.07, 6.45) is 4.93. The molecule has 1 aliphatic heterocycles. The van der Waals surface area contributed by atoms with Crippen LogP contribution in [0.1, 0.15) is 34.7 Å². The largest absolute Gasteiger partial charge is 0.359 e. The number of hydrogen-bond acceptors (Lipinski definition) is 6. The second-order valence-electron chi connectivity index (χ2n) is 7.09. The second kappa shape index (κ2) is 8.28. The number of carbonyl (C=O) groups is 2. The van der Waals surface area contributed by atoms with E-state index in [2.05, 4.69) is 20.3 Å². The summed E-state index contributed by atoms with van der Waals surface area (Å²) in [6, 6.07) is 12.7. The van der Waals surface area contributed by atoms with Gasteiger partial charge in [0.05, 0.1) is 41.8 Å². The van der Waals surface area contributed by atoms with Crippen molar-refractivity contribution in [1.82, 2.24) is 19.9 Å². The van der Waals surface area contributed by atoms with Crippen LogP contribution in [0.3, 0.4) is 0 Å². The lowest BCUT2D eigenvalue weighted by molar-refractivity contribution is -0.117. The van der Waals surface area contributed by atoms with Crippen LogP contribution in [0.25, 0.3) is 0 Å². The first kappa shape index (κ1) is 19.5. The summed E-state index contributed by atoms with van der Waals surface area (Å²) < 4.78 is 0. The van der Waals surface area contributed by atoms with E-state index in [1.807, 2.05) is 43.3 Å². The van der Waals surface area contributed by atoms with Crippen LogP contribution >= 0.6 is 0 Å². The normalized spacial score (nSPS) is 13.9. The van der Waals surface area contributed by atoms with Gasteiger partial charge in [-0.15, -0.1) is 0 Å². The molecule has 1 N–H and O–H groups in total. The van der Waals surface area contributed by atoms with Crippen molar-refractivity contribution in [3.8, 4) is 0 Å². The van der Waals surface area contributed by atoms with Gasteiger partial charge in [-0.1, -0.05) is 12.1 Å². The topological polar surface area (TPSA) is 91.3 Å². The minimum absolute atomic E-state index is 0.102. The summed E-state index contributed by atoms with van der Waals surface area (Å²) in [6.45, 7) is 2.38. The Morgan fingerprint density at radius 1 is 1.17 bits per heavy atom. The number of nitrogens with zero attached hydrogens (tertiary/aromatic N) is 5. The smallest absolute Gasteiger partial charge is 0.255 e. The Hall–Kier alpha value is -3.81. The molecule has 1 aliphatic rings. The fraction of sp³-hybridized carbons (Fsp3) is 0.227. The summed E-state index contributed by atoms with van der Waals surface area (Å²) in [5, 5.41) is 3.01. The third kappa shape index (κ3) is 3.84. The van der Waals surface area contributed by atoms with Gasteiger partial charge < -0.3 is 15.1 Å². The monoisotopic (exact) mass is 402 g/mol. The summed E-state index contributed by atoms with van der Waals surface area (Å²) in [5.41, 5.74) is 2.53. The molecule has 0 spiro atoms. The van der Waals surface area contributed by atoms with Crippen molar-refractivity contribution < 1.29 is 9.59 Å². The molecule has 8 nitrogen and oxygen atoms in total. The number of amides is 2. The van der Waals surface area contributed by atoms with Gasteiger partial charge in [0.15, 0.2) is 5.82 Å². The van der Waals surface area contributed by atoms with Crippen LogP contribution in [0.15, 0.2) is 61.1 Å². The molecule has 1 unspecified atom stereocenters. The van der Waals surface area contributed by atoms with E-state index >= 15 is 0 Å². The van der Waals surface area contributed by atoms with Crippen LogP contribution < -0.4 is 10.2 Å². The van der Waals surface area contributed by atoms with Crippen LogP contribution in [0.5, 0.6) is 0 Å². The maximum absolute atomic E-state index is 13.1. The lowest BCUT2D eigenvalue weighted by Gasteiger charge is -2.30. The number of pyridine rings is 3. The number of carbonyl (C=O) groups excluding carboxylic acids is 2. The molecule has 30 heavy (non-hydrogen) atoms. The fourth-order valence-electron chi connectivity index (χ4n) is 3.33. The molecule has 0 fully saturated rings. The zero-order valence-corrected chi connectivity index (χ0v) is 16.8. The van der Waals surface area contributed by atoms with E-state index in [1.165, 1.54) is 6.20 Å². The summed E-state index contributed by atoms with van der Waals surface area (Å²) in [5.74, 6) is 0.275. The molecule has 3 aromatic rings. The number of aromatic nitrogens is 3. The van der Waals surface area contributed by atoms with Gasteiger partial charge in [0.25, 0.3) is 5.91 Å². The Kier molecular flexibility index (Phi) is 5.38. The Bertz CT molecular complexity index is 1060. The first-order valence-corrected chi connectivity index (χ1v) is 9.67. The molecular weight excluding hydrogens is 380 g/mol. The maximum Gasteiger partial charge on any atom is 0.255 e. The number of nitrogens with one attached hydrogen (secondary N) is 1. The Labute approximate surface area is 174 Å². The van der Waals surface area contributed by atoms with Crippen molar-refractivity contribution in [3.63, 3.8) is 0 Å². The molecule has 0 saturated carbocycles. The van der Waals surface area contributed by atoms with E-state index in [0.29, 0.717) is 23.6 Å². The van der Waals surface area contributed by atoms with Gasteiger partial charge in [-0.05, 0) is 37.3 Å². The van der Waals surface area contributed by atoms with E-state index < -0.39 is 0 Å². The van der Waals surface area contributed by atoms with E-state index in [4.69, 9.17) is 0 Å². The van der Waals surface area contributed by atoms with Gasteiger partial charge in [-0.25, -0.2) is 4.98 Å². The minimum Gasteiger partial charge on any atom is -0.359 e. The summed E-state index contributed by atoms with van der Waals surface area (Å²) in [7, 11) is 1.73. The minimum atomic E-state index is -0.209. The van der Waals surface area contributed by atoms with Crippen LogP contribution in [0.2, 0.25) is 0 Å². The lowest BCUT2D eigenvalue weighted by atomic mass is 10.1. The molecular formula is C22H22N6O2. The maximum atomic E-state index is 13.1. The van der Waals surface area contributed by atoms with Crippen molar-refractivity contribution in [2.24, 2.45) is 0 Å². The van der Waals surface area contributed by atoms with Gasteiger partial charge in [-0.2, -0.15) is 0 Å². The Balaban J connectivity index is 1.62. The van der Waals surface area contributed by atoms with Gasteiger partial charge in [0, 0.05) is 25.6 Å². The lowest BCUT2D eigenvalue weighted by Crippen LogP contribution is -2.40. The molecule has 3 aromatic heterocycles. The predicted molar refractivity (Wildman–Crippen MR) is 113 cm³/mol. The average Bonchev–Trinajstić information content (AvgIpc) is 2.80. The SMILES string of the molecule is CC(c1ccccn1)N(C)C(=O)c1cnc2c(c1)N(Cc1ccccn1)C(=O)CN2. The highest BCUT2D eigenvalue weighted by Gasteiger charge is 2.28. The number of hydrogen-bond donors (Lipinski definition) is 1. The van der Waals surface area contributed by atoms with Crippen molar-refractivity contribution in [3.05, 3.63) is 78.0 Å². The van der Waals surface area contributed by atoms with Crippen molar-refractivity contribution in [2.45, 2.75) is 19.5 Å². The molecule has 0 saturated heterocycles. The molecule has 0 bridgehead atoms. The number of anilines is 2. The highest BCUT2D eigenvalue weighted by atomic mass is 16.2. The van der Waals surface area contributed by atoms with Gasteiger partial charge in [0.2, 0.25) is 5.91 Å². The summed E-state index contributed by atoms with van der Waals surface area (Å²) in [4.78, 5) is 42.0. The standard InChI is InChI=1S/C22H22N6O2/c1-15(18-8-4-6-10-24-18)27(2)22(30)16-11-19-21(25-12-16)26-13-20(29)28(19)14-17-7-3-5-9-23-17/h3-12,15H,13-14H2,1-2H3,(H,25,26). The van der Waals surface area contributed by atoms with Crippen LogP contribution in [0, 0.1) is 0 Å². The molecule has 152 valence electrons. The van der Waals surface area contributed by atoms with Crippen molar-refractivity contribution >= 4 is 23.3 Å². The number of fused-ring (bicyclic) bond motifs is 1. The molecule has 0 radical (unpaired) electrons. The molecule has 8 heteroatoms. The molecule has 4 rings (SSSR count). The quantitative estimate of drug-likeness (QED) is 0.706. The molecule has 0 aromatic carbocycles. The fourth-order valence-corrected chi connectivity index (χ4v) is 3.33. The van der Waals surface area contributed by atoms with Crippen molar-refractivity contribution in [2.75, 3.05) is 23.8 Å². The Morgan fingerprint density at radius 2 is 1.93 bits per heavy atom. The van der Waals surface area contributed by atoms with Crippen LogP contribution in [-0.4, -0.2) is 45.3 Å². The number of rotatable bonds is 5. The first-order valence-electron chi connectivity index (χ1n) is 9.67. The van der Waals surface area contributed by atoms with Gasteiger partial charge >= 0.3 is 0 Å². The van der Waals surface area contributed by atoms with Crippen LogP contribution in [0.4, 0.5) is 11.5 Å².